The average molecular weight is 403 g/mol. The summed E-state index contributed by atoms with van der Waals surface area (Å²) >= 11 is 11.8. The van der Waals surface area contributed by atoms with Crippen molar-refractivity contribution in [1.29, 1.82) is 0 Å². The summed E-state index contributed by atoms with van der Waals surface area (Å²) in [6.45, 7) is -0.400. The third-order valence-corrected chi connectivity index (χ3v) is 5.87. The quantitative estimate of drug-likeness (QED) is 0.804. The number of benzene rings is 2. The molecule has 0 aliphatic rings. The second-order valence-corrected chi connectivity index (χ2v) is 7.94. The Kier molecular flexibility index (Phi) is 6.29. The Bertz CT molecular complexity index is 887. The van der Waals surface area contributed by atoms with E-state index in [2.05, 4.69) is 5.32 Å². The monoisotopic (exact) mass is 402 g/mol. The number of likely N-dealkylation sites (N-methyl/N-ethyl adjacent to an activating group) is 1. The van der Waals surface area contributed by atoms with E-state index in [1.807, 2.05) is 0 Å². The fourth-order valence-corrected chi connectivity index (χ4v) is 3.86. The van der Waals surface area contributed by atoms with Crippen LogP contribution in [0.5, 0.6) is 5.75 Å². The minimum absolute atomic E-state index is 0.0627. The van der Waals surface area contributed by atoms with Crippen LogP contribution < -0.4 is 10.1 Å². The zero-order valence-corrected chi connectivity index (χ0v) is 15.8. The Morgan fingerprint density at radius 2 is 1.88 bits per heavy atom. The van der Waals surface area contributed by atoms with E-state index in [1.165, 1.54) is 32.4 Å². The highest BCUT2D eigenvalue weighted by Crippen LogP contribution is 2.28. The molecule has 6 nitrogen and oxygen atoms in total. The molecular formula is C16H16Cl2N2O4S. The largest absolute Gasteiger partial charge is 0.495 e. The third kappa shape index (κ3) is 4.64. The lowest BCUT2D eigenvalue weighted by Crippen LogP contribution is -2.35. The van der Waals surface area contributed by atoms with Crippen molar-refractivity contribution in [1.82, 2.24) is 4.31 Å². The molecule has 0 aliphatic heterocycles. The van der Waals surface area contributed by atoms with Crippen LogP contribution in [-0.4, -0.2) is 39.3 Å². The van der Waals surface area contributed by atoms with E-state index in [0.717, 1.165) is 4.31 Å². The summed E-state index contributed by atoms with van der Waals surface area (Å²) in [5.41, 5.74) is 0.351. The van der Waals surface area contributed by atoms with Crippen LogP contribution in [0, 0.1) is 0 Å². The molecule has 2 aromatic carbocycles. The number of amides is 1. The van der Waals surface area contributed by atoms with Crippen molar-refractivity contribution in [3.05, 3.63) is 52.5 Å². The first kappa shape index (κ1) is 19.5. The zero-order chi connectivity index (χ0) is 18.6. The number of halogens is 2. The van der Waals surface area contributed by atoms with Gasteiger partial charge in [0.05, 0.1) is 24.4 Å². The van der Waals surface area contributed by atoms with Gasteiger partial charge in [-0.15, -0.1) is 0 Å². The van der Waals surface area contributed by atoms with Gasteiger partial charge in [-0.1, -0.05) is 35.3 Å². The number of sulfonamides is 1. The van der Waals surface area contributed by atoms with Gasteiger partial charge in [0.1, 0.15) is 10.6 Å². The molecule has 0 aromatic heterocycles. The molecule has 0 bridgehead atoms. The predicted octanol–water partition coefficient (Wildman–Crippen LogP) is 3.26. The molecule has 2 rings (SSSR count). The van der Waals surface area contributed by atoms with E-state index >= 15 is 0 Å². The van der Waals surface area contributed by atoms with Crippen molar-refractivity contribution in [2.75, 3.05) is 26.0 Å². The molecule has 1 amide bonds. The van der Waals surface area contributed by atoms with Crippen molar-refractivity contribution < 1.29 is 17.9 Å². The molecule has 0 atom stereocenters. The molecule has 0 fully saturated rings. The molecule has 9 heteroatoms. The van der Waals surface area contributed by atoms with Crippen LogP contribution in [-0.2, 0) is 14.8 Å². The summed E-state index contributed by atoms with van der Waals surface area (Å²) in [6, 6.07) is 10.8. The van der Waals surface area contributed by atoms with Crippen molar-refractivity contribution in [3.63, 3.8) is 0 Å². The number of hydrogen-bond acceptors (Lipinski definition) is 4. The number of ether oxygens (including phenoxy) is 1. The van der Waals surface area contributed by atoms with Crippen LogP contribution in [0.1, 0.15) is 0 Å². The number of nitrogens with zero attached hydrogens (tertiary/aromatic N) is 1. The van der Waals surface area contributed by atoms with E-state index in [4.69, 9.17) is 27.9 Å². The van der Waals surface area contributed by atoms with Crippen LogP contribution >= 0.6 is 23.2 Å². The number of carbonyl (C=O) groups is 1. The summed E-state index contributed by atoms with van der Waals surface area (Å²) in [5.74, 6) is -0.131. The van der Waals surface area contributed by atoms with Gasteiger partial charge < -0.3 is 10.1 Å². The summed E-state index contributed by atoms with van der Waals surface area (Å²) in [6.07, 6.45) is 0. The number of carbonyl (C=O) groups excluding carboxylic acids is 1. The lowest BCUT2D eigenvalue weighted by Gasteiger charge is -2.18. The number of hydrogen-bond donors (Lipinski definition) is 1. The maximum atomic E-state index is 12.5. The lowest BCUT2D eigenvalue weighted by atomic mass is 10.3. The van der Waals surface area contributed by atoms with E-state index in [9.17, 15) is 13.2 Å². The Balaban J connectivity index is 2.15. The van der Waals surface area contributed by atoms with Gasteiger partial charge in [0.2, 0.25) is 15.9 Å². The highest BCUT2D eigenvalue weighted by molar-refractivity contribution is 7.89. The number of anilines is 1. The molecule has 2 aromatic rings. The van der Waals surface area contributed by atoms with Crippen LogP contribution in [0.4, 0.5) is 5.69 Å². The van der Waals surface area contributed by atoms with Gasteiger partial charge in [-0.3, -0.25) is 4.79 Å². The van der Waals surface area contributed by atoms with Gasteiger partial charge in [0.25, 0.3) is 0 Å². The summed E-state index contributed by atoms with van der Waals surface area (Å²) in [4.78, 5) is 12.2. The molecule has 0 radical (unpaired) electrons. The van der Waals surface area contributed by atoms with Crippen LogP contribution in [0.25, 0.3) is 0 Å². The van der Waals surface area contributed by atoms with Gasteiger partial charge in [-0.2, -0.15) is 4.31 Å². The predicted molar refractivity (Wildman–Crippen MR) is 97.9 cm³/mol. The highest BCUT2D eigenvalue weighted by Gasteiger charge is 2.25. The standard InChI is InChI=1S/C16H16Cl2N2O4S/c1-20(25(22,23)15-6-4-3-5-12(15)18)10-16(21)19-13-9-11(17)7-8-14(13)24-2/h3-9H,10H2,1-2H3,(H,19,21). The van der Waals surface area contributed by atoms with Crippen molar-refractivity contribution in [2.24, 2.45) is 0 Å². The minimum atomic E-state index is -3.90. The number of methoxy groups -OCH3 is 1. The van der Waals surface area contributed by atoms with Crippen molar-refractivity contribution >= 4 is 44.8 Å². The molecule has 0 saturated carbocycles. The van der Waals surface area contributed by atoms with Gasteiger partial charge in [-0.25, -0.2) is 8.42 Å². The third-order valence-electron chi connectivity index (χ3n) is 3.33. The molecule has 0 spiro atoms. The van der Waals surface area contributed by atoms with Gasteiger partial charge in [-0.05, 0) is 30.3 Å². The Morgan fingerprint density at radius 3 is 2.52 bits per heavy atom. The van der Waals surface area contributed by atoms with Crippen LogP contribution in [0.3, 0.4) is 0 Å². The van der Waals surface area contributed by atoms with Gasteiger partial charge >= 0.3 is 0 Å². The molecule has 0 saturated heterocycles. The Morgan fingerprint density at radius 1 is 1.20 bits per heavy atom. The smallest absolute Gasteiger partial charge is 0.244 e. The number of rotatable bonds is 6. The first-order valence-corrected chi connectivity index (χ1v) is 9.29. The fraction of sp³-hybridized carbons (Fsp3) is 0.188. The molecule has 0 aliphatic carbocycles. The average Bonchev–Trinajstić information content (AvgIpc) is 2.55. The summed E-state index contributed by atoms with van der Waals surface area (Å²) < 4.78 is 31.1. The molecule has 0 heterocycles. The summed E-state index contributed by atoms with van der Waals surface area (Å²) in [5, 5.41) is 3.08. The highest BCUT2D eigenvalue weighted by atomic mass is 35.5. The Labute approximate surface area is 156 Å². The SMILES string of the molecule is COc1ccc(Cl)cc1NC(=O)CN(C)S(=O)(=O)c1ccccc1Cl. The minimum Gasteiger partial charge on any atom is -0.495 e. The van der Waals surface area contributed by atoms with E-state index in [1.54, 1.807) is 24.3 Å². The molecular weight excluding hydrogens is 387 g/mol. The number of nitrogens with one attached hydrogen (secondary N) is 1. The maximum absolute atomic E-state index is 12.5. The molecule has 25 heavy (non-hydrogen) atoms. The molecule has 134 valence electrons. The molecule has 0 unspecified atom stereocenters. The fourth-order valence-electron chi connectivity index (χ4n) is 2.08. The topological polar surface area (TPSA) is 75.7 Å². The van der Waals surface area contributed by atoms with Crippen LogP contribution in [0.15, 0.2) is 47.4 Å². The molecule has 1 N–H and O–H groups in total. The van der Waals surface area contributed by atoms with E-state index < -0.39 is 22.5 Å². The summed E-state index contributed by atoms with van der Waals surface area (Å²) in [7, 11) is -1.15. The lowest BCUT2D eigenvalue weighted by molar-refractivity contribution is -0.116. The van der Waals surface area contributed by atoms with E-state index in [-0.39, 0.29) is 9.92 Å². The van der Waals surface area contributed by atoms with Gasteiger partial charge in [0, 0.05) is 12.1 Å². The first-order valence-electron chi connectivity index (χ1n) is 7.10. The van der Waals surface area contributed by atoms with Crippen molar-refractivity contribution in [2.45, 2.75) is 4.90 Å². The van der Waals surface area contributed by atoms with Crippen molar-refractivity contribution in [3.8, 4) is 5.75 Å². The first-order chi connectivity index (χ1) is 11.8. The Hall–Kier alpha value is -1.80. The van der Waals surface area contributed by atoms with E-state index in [0.29, 0.717) is 16.5 Å². The normalized spacial score (nSPS) is 11.4. The maximum Gasteiger partial charge on any atom is 0.244 e. The second kappa shape index (κ2) is 8.05. The van der Waals surface area contributed by atoms with Gasteiger partial charge in [0.15, 0.2) is 0 Å². The second-order valence-electron chi connectivity index (χ2n) is 5.08. The van der Waals surface area contributed by atoms with Crippen LogP contribution in [0.2, 0.25) is 10.0 Å². The zero-order valence-electron chi connectivity index (χ0n) is 13.5.